The third kappa shape index (κ3) is 2.97. The van der Waals surface area contributed by atoms with E-state index >= 15 is 0 Å². The molecule has 3 aromatic carbocycles. The minimum absolute atomic E-state index is 0.548. The second-order valence-electron chi connectivity index (χ2n) is 7.13. The molecule has 2 aromatic heterocycles. The molecule has 5 aromatic rings. The maximum absolute atomic E-state index is 10.1. The van der Waals surface area contributed by atoms with Gasteiger partial charge in [0.1, 0.15) is 11.6 Å². The Balaban J connectivity index is 1.93. The molecule has 0 fully saturated rings. The van der Waals surface area contributed by atoms with Crippen LogP contribution in [0, 0.1) is 11.3 Å². The van der Waals surface area contributed by atoms with E-state index in [1.807, 2.05) is 77.2 Å². The van der Waals surface area contributed by atoms with Crippen LogP contribution in [0.3, 0.4) is 0 Å². The normalized spacial score (nSPS) is 10.9. The van der Waals surface area contributed by atoms with Crippen LogP contribution in [-0.4, -0.2) is 23.6 Å². The fourth-order valence-electron chi connectivity index (χ4n) is 4.00. The molecule has 0 spiro atoms. The Labute approximate surface area is 179 Å². The summed E-state index contributed by atoms with van der Waals surface area (Å²) in [5.41, 5.74) is 6.63. The lowest BCUT2D eigenvalue weighted by Crippen LogP contribution is -1.99. The van der Waals surface area contributed by atoms with Crippen LogP contribution in [0.25, 0.3) is 39.1 Å². The summed E-state index contributed by atoms with van der Waals surface area (Å²) < 4.78 is 13.0. The van der Waals surface area contributed by atoms with Crippen LogP contribution in [0.2, 0.25) is 0 Å². The minimum Gasteiger partial charge on any atom is -0.493 e. The van der Waals surface area contributed by atoms with Crippen molar-refractivity contribution in [3.63, 3.8) is 0 Å². The zero-order valence-corrected chi connectivity index (χ0v) is 17.2. The van der Waals surface area contributed by atoms with Crippen LogP contribution in [-0.2, 0) is 0 Å². The van der Waals surface area contributed by atoms with Crippen LogP contribution < -0.4 is 9.47 Å². The molecule has 0 aliphatic rings. The van der Waals surface area contributed by atoms with E-state index in [-0.39, 0.29) is 0 Å². The molecule has 5 nitrogen and oxygen atoms in total. The van der Waals surface area contributed by atoms with Crippen molar-refractivity contribution in [2.75, 3.05) is 14.2 Å². The van der Waals surface area contributed by atoms with Crippen LogP contribution in [0.4, 0.5) is 0 Å². The molecule has 5 heteroatoms. The van der Waals surface area contributed by atoms with Gasteiger partial charge in [0.15, 0.2) is 17.1 Å². The van der Waals surface area contributed by atoms with Gasteiger partial charge in [-0.1, -0.05) is 42.5 Å². The number of methoxy groups -OCH3 is 2. The fraction of sp³-hybridized carbons (Fsp3) is 0.0769. The molecule has 31 heavy (non-hydrogen) atoms. The van der Waals surface area contributed by atoms with Gasteiger partial charge >= 0.3 is 0 Å². The first-order chi connectivity index (χ1) is 15.2. The zero-order valence-electron chi connectivity index (χ0n) is 17.2. The summed E-state index contributed by atoms with van der Waals surface area (Å²) in [6.07, 6.45) is 0. The second kappa shape index (κ2) is 7.51. The Morgan fingerprint density at radius 1 is 0.806 bits per heavy atom. The maximum atomic E-state index is 10.1. The first-order valence-corrected chi connectivity index (χ1v) is 9.87. The number of benzene rings is 3. The van der Waals surface area contributed by atoms with Gasteiger partial charge < -0.3 is 9.47 Å². The zero-order chi connectivity index (χ0) is 21.4. The highest BCUT2D eigenvalue weighted by Crippen LogP contribution is 2.37. The summed E-state index contributed by atoms with van der Waals surface area (Å²) >= 11 is 0. The molecule has 0 radical (unpaired) electrons. The molecule has 2 heterocycles. The van der Waals surface area contributed by atoms with Gasteiger partial charge in [0.25, 0.3) is 0 Å². The van der Waals surface area contributed by atoms with Gasteiger partial charge in [-0.25, -0.2) is 4.98 Å². The fourth-order valence-corrected chi connectivity index (χ4v) is 4.00. The predicted molar refractivity (Wildman–Crippen MR) is 121 cm³/mol. The average molecular weight is 405 g/mol. The van der Waals surface area contributed by atoms with Gasteiger partial charge in [0.05, 0.1) is 30.9 Å². The first kappa shape index (κ1) is 18.7. The van der Waals surface area contributed by atoms with Crippen molar-refractivity contribution < 1.29 is 9.47 Å². The van der Waals surface area contributed by atoms with Crippen LogP contribution in [0.15, 0.2) is 78.9 Å². The van der Waals surface area contributed by atoms with Gasteiger partial charge in [-0.2, -0.15) is 5.26 Å². The predicted octanol–water partition coefficient (Wildman–Crippen LogP) is 5.71. The van der Waals surface area contributed by atoms with E-state index in [0.29, 0.717) is 22.7 Å². The van der Waals surface area contributed by atoms with Gasteiger partial charge in [-0.3, -0.25) is 4.40 Å². The molecular formula is C26H19N3O2. The van der Waals surface area contributed by atoms with E-state index in [1.54, 1.807) is 14.2 Å². The number of imidazole rings is 1. The third-order valence-corrected chi connectivity index (χ3v) is 5.45. The average Bonchev–Trinajstić information content (AvgIpc) is 3.22. The lowest BCUT2D eigenvalue weighted by molar-refractivity contribution is 0.355. The van der Waals surface area contributed by atoms with Crippen LogP contribution in [0.5, 0.6) is 11.5 Å². The van der Waals surface area contributed by atoms with E-state index in [0.717, 1.165) is 33.4 Å². The Morgan fingerprint density at radius 3 is 2.29 bits per heavy atom. The SMILES string of the molecule is COc1ccc(-c2cc(-c3ccccc3)c(C#N)c3nc4ccccc4n23)cc1OC. The Hall–Kier alpha value is -4.30. The molecule has 0 unspecified atom stereocenters. The molecule has 0 saturated heterocycles. The summed E-state index contributed by atoms with van der Waals surface area (Å²) in [6, 6.07) is 28.1. The minimum atomic E-state index is 0.548. The van der Waals surface area contributed by atoms with Gasteiger partial charge in [0.2, 0.25) is 0 Å². The largest absolute Gasteiger partial charge is 0.493 e. The Morgan fingerprint density at radius 2 is 1.55 bits per heavy atom. The van der Waals surface area contributed by atoms with Gasteiger partial charge in [-0.05, 0) is 42.0 Å². The monoisotopic (exact) mass is 405 g/mol. The number of nitriles is 1. The summed E-state index contributed by atoms with van der Waals surface area (Å²) in [7, 11) is 3.24. The molecule has 0 aliphatic carbocycles. The second-order valence-corrected chi connectivity index (χ2v) is 7.13. The summed E-state index contributed by atoms with van der Waals surface area (Å²) in [5.74, 6) is 1.30. The van der Waals surface area contributed by atoms with Crippen molar-refractivity contribution in [2.45, 2.75) is 0 Å². The van der Waals surface area contributed by atoms with Crippen molar-refractivity contribution in [2.24, 2.45) is 0 Å². The number of ether oxygens (including phenoxy) is 2. The number of hydrogen-bond donors (Lipinski definition) is 0. The smallest absolute Gasteiger partial charge is 0.161 e. The summed E-state index contributed by atoms with van der Waals surface area (Å²) in [5, 5.41) is 10.1. The third-order valence-electron chi connectivity index (χ3n) is 5.45. The Kier molecular flexibility index (Phi) is 4.53. The van der Waals surface area contributed by atoms with Gasteiger partial charge in [-0.15, -0.1) is 0 Å². The number of fused-ring (bicyclic) bond motifs is 3. The molecule has 0 saturated carbocycles. The molecule has 5 rings (SSSR count). The number of nitrogens with zero attached hydrogens (tertiary/aromatic N) is 3. The van der Waals surface area contributed by atoms with Crippen molar-refractivity contribution in [3.05, 3.63) is 84.4 Å². The van der Waals surface area contributed by atoms with Crippen molar-refractivity contribution in [1.82, 2.24) is 9.38 Å². The van der Waals surface area contributed by atoms with Crippen molar-refractivity contribution >= 4 is 16.7 Å². The molecular weight excluding hydrogens is 386 g/mol. The summed E-state index contributed by atoms with van der Waals surface area (Å²) in [4.78, 5) is 4.82. The lowest BCUT2D eigenvalue weighted by Gasteiger charge is -2.15. The number of para-hydroxylation sites is 2. The molecule has 0 aliphatic heterocycles. The summed E-state index contributed by atoms with van der Waals surface area (Å²) in [6.45, 7) is 0. The topological polar surface area (TPSA) is 59.5 Å². The van der Waals surface area contributed by atoms with Gasteiger partial charge in [0, 0.05) is 11.1 Å². The molecule has 0 bridgehead atoms. The van der Waals surface area contributed by atoms with Crippen LogP contribution >= 0.6 is 0 Å². The van der Waals surface area contributed by atoms with E-state index in [9.17, 15) is 5.26 Å². The van der Waals surface area contributed by atoms with E-state index in [2.05, 4.69) is 12.1 Å². The number of aromatic nitrogens is 2. The highest BCUT2D eigenvalue weighted by Gasteiger charge is 2.19. The van der Waals surface area contributed by atoms with Crippen molar-refractivity contribution in [3.8, 4) is 40.0 Å². The molecule has 0 N–H and O–H groups in total. The highest BCUT2D eigenvalue weighted by molar-refractivity contribution is 5.91. The quantitative estimate of drug-likeness (QED) is 0.384. The number of hydrogen-bond acceptors (Lipinski definition) is 4. The van der Waals surface area contributed by atoms with E-state index < -0.39 is 0 Å². The lowest BCUT2D eigenvalue weighted by atomic mass is 9.98. The molecule has 0 amide bonds. The van der Waals surface area contributed by atoms with E-state index in [1.165, 1.54) is 0 Å². The standard InChI is InChI=1S/C26H19N3O2/c1-30-24-13-12-18(14-25(24)31-2)23-15-19(17-8-4-3-5-9-17)20(16-27)26-28-21-10-6-7-11-22(21)29(23)26/h3-15H,1-2H3. The number of pyridine rings is 1. The van der Waals surface area contributed by atoms with Crippen LogP contribution in [0.1, 0.15) is 5.56 Å². The van der Waals surface area contributed by atoms with Crippen molar-refractivity contribution in [1.29, 1.82) is 5.26 Å². The highest BCUT2D eigenvalue weighted by atomic mass is 16.5. The number of rotatable bonds is 4. The Bertz CT molecular complexity index is 1460. The van der Waals surface area contributed by atoms with E-state index in [4.69, 9.17) is 14.5 Å². The molecule has 150 valence electrons. The maximum Gasteiger partial charge on any atom is 0.161 e. The first-order valence-electron chi connectivity index (χ1n) is 9.87. The molecule has 0 atom stereocenters.